The molecule has 1 heterocycles. The van der Waals surface area contributed by atoms with Gasteiger partial charge in [0.05, 0.1) is 0 Å². The van der Waals surface area contributed by atoms with Gasteiger partial charge in [-0.05, 0) is 67.3 Å². The van der Waals surface area contributed by atoms with Gasteiger partial charge < -0.3 is 10.2 Å². The zero-order valence-electron chi connectivity index (χ0n) is 11.7. The zero-order chi connectivity index (χ0) is 12.2. The van der Waals surface area contributed by atoms with E-state index in [9.17, 15) is 0 Å². The first kappa shape index (κ1) is 13.9. The maximum atomic E-state index is 3.63. The van der Waals surface area contributed by atoms with Crippen molar-refractivity contribution in [2.75, 3.05) is 40.3 Å². The number of hydrogen-bond acceptors (Lipinski definition) is 3. The van der Waals surface area contributed by atoms with E-state index >= 15 is 0 Å². The van der Waals surface area contributed by atoms with E-state index in [2.05, 4.69) is 50.0 Å². The molecule has 0 bridgehead atoms. The average Bonchev–Trinajstić information content (AvgIpc) is 2.25. The third kappa shape index (κ3) is 4.81. The summed E-state index contributed by atoms with van der Waals surface area (Å²) in [7, 11) is 4.30. The molecule has 0 aromatic carbocycles. The highest BCUT2D eigenvalue weighted by atomic mass is 15.2. The van der Waals surface area contributed by atoms with Crippen molar-refractivity contribution >= 4 is 0 Å². The molecule has 1 N–H and O–H groups in total. The van der Waals surface area contributed by atoms with Gasteiger partial charge in [0.1, 0.15) is 0 Å². The van der Waals surface area contributed by atoms with Crippen LogP contribution in [0.4, 0.5) is 0 Å². The summed E-state index contributed by atoms with van der Waals surface area (Å²) in [6.07, 6.45) is 2.54. The number of nitrogens with zero attached hydrogens (tertiary/aromatic N) is 2. The van der Waals surface area contributed by atoms with Crippen LogP contribution in [-0.4, -0.2) is 61.7 Å². The SMILES string of the molecule is CC1CCNC(C)(C)CN1CCCN(C)C. The van der Waals surface area contributed by atoms with Gasteiger partial charge in [-0.3, -0.25) is 4.90 Å². The molecular formula is C13H29N3. The van der Waals surface area contributed by atoms with Gasteiger partial charge in [0, 0.05) is 18.1 Å². The molecule has 1 fully saturated rings. The standard InChI is InChI=1S/C13H29N3/c1-12-7-8-14-13(2,3)11-16(12)10-6-9-15(4)5/h12,14H,6-11H2,1-5H3. The van der Waals surface area contributed by atoms with Gasteiger partial charge in [0.25, 0.3) is 0 Å². The molecule has 0 aromatic rings. The maximum absolute atomic E-state index is 3.63. The smallest absolute Gasteiger partial charge is 0.0252 e. The van der Waals surface area contributed by atoms with Crippen molar-refractivity contribution in [3.8, 4) is 0 Å². The molecule has 1 atom stereocenters. The van der Waals surface area contributed by atoms with Gasteiger partial charge in [0.15, 0.2) is 0 Å². The zero-order valence-corrected chi connectivity index (χ0v) is 11.7. The van der Waals surface area contributed by atoms with Crippen LogP contribution in [-0.2, 0) is 0 Å². The van der Waals surface area contributed by atoms with Crippen LogP contribution >= 0.6 is 0 Å². The third-order valence-electron chi connectivity index (χ3n) is 3.44. The average molecular weight is 227 g/mol. The van der Waals surface area contributed by atoms with E-state index in [0.717, 1.165) is 12.6 Å². The second kappa shape index (κ2) is 5.99. The van der Waals surface area contributed by atoms with Crippen molar-refractivity contribution < 1.29 is 0 Å². The summed E-state index contributed by atoms with van der Waals surface area (Å²) in [6.45, 7) is 11.7. The molecule has 1 aliphatic heterocycles. The molecule has 1 aliphatic rings. The lowest BCUT2D eigenvalue weighted by atomic mass is 10.1. The second-order valence-electron chi connectivity index (χ2n) is 6.08. The van der Waals surface area contributed by atoms with Crippen LogP contribution in [0, 0.1) is 0 Å². The van der Waals surface area contributed by atoms with Gasteiger partial charge in [-0.2, -0.15) is 0 Å². The first-order valence-corrected chi connectivity index (χ1v) is 6.54. The Labute approximate surface area is 101 Å². The van der Waals surface area contributed by atoms with Crippen molar-refractivity contribution in [1.82, 2.24) is 15.1 Å². The minimum Gasteiger partial charge on any atom is -0.310 e. The van der Waals surface area contributed by atoms with E-state index in [-0.39, 0.29) is 5.54 Å². The second-order valence-corrected chi connectivity index (χ2v) is 6.08. The van der Waals surface area contributed by atoms with E-state index in [1.807, 2.05) is 0 Å². The topological polar surface area (TPSA) is 18.5 Å². The van der Waals surface area contributed by atoms with E-state index in [4.69, 9.17) is 0 Å². The summed E-state index contributed by atoms with van der Waals surface area (Å²) in [5, 5.41) is 3.63. The fourth-order valence-electron chi connectivity index (χ4n) is 2.41. The molecule has 0 amide bonds. The van der Waals surface area contributed by atoms with Gasteiger partial charge in [-0.1, -0.05) is 0 Å². The van der Waals surface area contributed by atoms with Crippen LogP contribution in [0.2, 0.25) is 0 Å². The minimum atomic E-state index is 0.267. The molecule has 1 unspecified atom stereocenters. The Hall–Kier alpha value is -0.120. The lowest BCUT2D eigenvalue weighted by molar-refractivity contribution is 0.173. The van der Waals surface area contributed by atoms with Crippen LogP contribution in [0.1, 0.15) is 33.6 Å². The Morgan fingerprint density at radius 3 is 2.69 bits per heavy atom. The van der Waals surface area contributed by atoms with Crippen molar-refractivity contribution in [2.45, 2.75) is 45.2 Å². The first-order valence-electron chi connectivity index (χ1n) is 6.54. The fourth-order valence-corrected chi connectivity index (χ4v) is 2.41. The molecule has 0 aliphatic carbocycles. The van der Waals surface area contributed by atoms with Crippen LogP contribution in [0.3, 0.4) is 0 Å². The number of rotatable bonds is 4. The minimum absolute atomic E-state index is 0.267. The number of nitrogens with one attached hydrogen (secondary N) is 1. The molecular weight excluding hydrogens is 198 g/mol. The van der Waals surface area contributed by atoms with Crippen molar-refractivity contribution in [3.63, 3.8) is 0 Å². The first-order chi connectivity index (χ1) is 7.41. The molecule has 1 rings (SSSR count). The summed E-state index contributed by atoms with van der Waals surface area (Å²) in [6, 6.07) is 0.719. The molecule has 0 aromatic heterocycles. The Morgan fingerprint density at radius 2 is 2.06 bits per heavy atom. The van der Waals surface area contributed by atoms with Crippen LogP contribution in [0.25, 0.3) is 0 Å². The van der Waals surface area contributed by atoms with E-state index in [0.29, 0.717) is 0 Å². The highest BCUT2D eigenvalue weighted by molar-refractivity contribution is 4.87. The summed E-state index contributed by atoms with van der Waals surface area (Å²) >= 11 is 0. The lowest BCUT2D eigenvalue weighted by Crippen LogP contribution is -2.47. The van der Waals surface area contributed by atoms with Crippen molar-refractivity contribution in [3.05, 3.63) is 0 Å². The predicted octanol–water partition coefficient (Wildman–Crippen LogP) is 1.40. The predicted molar refractivity (Wildman–Crippen MR) is 70.9 cm³/mol. The maximum Gasteiger partial charge on any atom is 0.0252 e. The molecule has 96 valence electrons. The third-order valence-corrected chi connectivity index (χ3v) is 3.44. The monoisotopic (exact) mass is 227 g/mol. The highest BCUT2D eigenvalue weighted by Crippen LogP contribution is 2.15. The van der Waals surface area contributed by atoms with Crippen molar-refractivity contribution in [1.29, 1.82) is 0 Å². The summed E-state index contributed by atoms with van der Waals surface area (Å²) in [5.41, 5.74) is 0.267. The van der Waals surface area contributed by atoms with E-state index in [1.54, 1.807) is 0 Å². The molecule has 1 saturated heterocycles. The van der Waals surface area contributed by atoms with Gasteiger partial charge >= 0.3 is 0 Å². The molecule has 0 spiro atoms. The quantitative estimate of drug-likeness (QED) is 0.783. The lowest BCUT2D eigenvalue weighted by Gasteiger charge is -2.33. The number of hydrogen-bond donors (Lipinski definition) is 1. The highest BCUT2D eigenvalue weighted by Gasteiger charge is 2.27. The Morgan fingerprint density at radius 1 is 1.38 bits per heavy atom. The fraction of sp³-hybridized carbons (Fsp3) is 1.00. The molecule has 0 saturated carbocycles. The van der Waals surface area contributed by atoms with Crippen LogP contribution in [0.5, 0.6) is 0 Å². The largest absolute Gasteiger partial charge is 0.310 e. The Balaban J connectivity index is 2.41. The van der Waals surface area contributed by atoms with Gasteiger partial charge in [-0.25, -0.2) is 0 Å². The summed E-state index contributed by atoms with van der Waals surface area (Å²) in [5.74, 6) is 0. The molecule has 3 nitrogen and oxygen atoms in total. The van der Waals surface area contributed by atoms with Crippen LogP contribution < -0.4 is 5.32 Å². The van der Waals surface area contributed by atoms with Crippen LogP contribution in [0.15, 0.2) is 0 Å². The van der Waals surface area contributed by atoms with Gasteiger partial charge in [0.2, 0.25) is 0 Å². The summed E-state index contributed by atoms with van der Waals surface area (Å²) < 4.78 is 0. The Bertz CT molecular complexity index is 201. The van der Waals surface area contributed by atoms with Crippen molar-refractivity contribution in [2.24, 2.45) is 0 Å². The van der Waals surface area contributed by atoms with E-state index < -0.39 is 0 Å². The molecule has 0 radical (unpaired) electrons. The molecule has 16 heavy (non-hydrogen) atoms. The van der Waals surface area contributed by atoms with Gasteiger partial charge in [-0.15, -0.1) is 0 Å². The molecule has 3 heteroatoms. The normalized spacial score (nSPS) is 27.0. The Kier molecular flexibility index (Phi) is 5.22. The van der Waals surface area contributed by atoms with E-state index in [1.165, 1.54) is 32.5 Å². The summed E-state index contributed by atoms with van der Waals surface area (Å²) in [4.78, 5) is 4.91.